The predicted molar refractivity (Wildman–Crippen MR) is 70.9 cm³/mol. The van der Waals surface area contributed by atoms with Gasteiger partial charge in [-0.25, -0.2) is 0 Å². The number of nitrogens with two attached hydrogens (primary N) is 2. The lowest BCUT2D eigenvalue weighted by molar-refractivity contribution is -0.430. The molecular weight excluding hydrogens is 264 g/mol. The van der Waals surface area contributed by atoms with Crippen LogP contribution in [0, 0.1) is 20.2 Å². The van der Waals surface area contributed by atoms with E-state index in [1.165, 1.54) is 30.4 Å². The van der Waals surface area contributed by atoms with Crippen LogP contribution in [0.3, 0.4) is 0 Å². The van der Waals surface area contributed by atoms with Crippen LogP contribution in [0.15, 0.2) is 47.8 Å². The van der Waals surface area contributed by atoms with Crippen LogP contribution in [0.25, 0.3) is 0 Å². The summed E-state index contributed by atoms with van der Waals surface area (Å²) in [6.45, 7) is 0. The summed E-state index contributed by atoms with van der Waals surface area (Å²) in [6.07, 6.45) is 2.76. The van der Waals surface area contributed by atoms with Crippen molar-refractivity contribution in [3.8, 4) is 0 Å². The van der Waals surface area contributed by atoms with Crippen LogP contribution in [0.5, 0.6) is 0 Å². The Bertz CT molecular complexity index is 653. The van der Waals surface area contributed by atoms with Crippen LogP contribution in [0.1, 0.15) is 12.0 Å². The molecule has 0 saturated heterocycles. The predicted octanol–water partition coefficient (Wildman–Crippen LogP) is 1.16. The highest BCUT2D eigenvalue weighted by molar-refractivity contribution is 5.43. The number of nitro groups is 2. The van der Waals surface area contributed by atoms with Gasteiger partial charge in [-0.3, -0.25) is 20.2 Å². The summed E-state index contributed by atoms with van der Waals surface area (Å²) in [7, 11) is 0. The van der Waals surface area contributed by atoms with Crippen LogP contribution in [0.2, 0.25) is 0 Å². The molecular formula is C12H12N4O4. The maximum absolute atomic E-state index is 10.9. The number of nitrogens with zero attached hydrogens (tertiary/aromatic N) is 2. The first-order valence-corrected chi connectivity index (χ1v) is 5.69. The average Bonchev–Trinajstić information content (AvgIpc) is 2.41. The van der Waals surface area contributed by atoms with Gasteiger partial charge < -0.3 is 11.5 Å². The van der Waals surface area contributed by atoms with E-state index in [1.54, 1.807) is 6.07 Å². The molecule has 20 heavy (non-hydrogen) atoms. The molecule has 0 saturated carbocycles. The summed E-state index contributed by atoms with van der Waals surface area (Å²) in [5, 5.41) is 21.7. The number of benzene rings is 1. The zero-order chi connectivity index (χ0) is 14.9. The minimum absolute atomic E-state index is 0.0431. The van der Waals surface area contributed by atoms with Crippen molar-refractivity contribution in [2.24, 2.45) is 11.5 Å². The standard InChI is InChI=1S/C12H12N4O4/c13-10-4-5-12(14,7-11(10)16(19)20)8-2-1-3-9(6-8)15(17)18/h1-6H,7,13-14H2. The second-order valence-corrected chi connectivity index (χ2v) is 4.52. The maximum atomic E-state index is 10.9. The molecule has 0 spiro atoms. The third kappa shape index (κ3) is 2.36. The molecule has 4 N–H and O–H groups in total. The normalized spacial score (nSPS) is 21.9. The highest BCUT2D eigenvalue weighted by atomic mass is 16.6. The van der Waals surface area contributed by atoms with Crippen molar-refractivity contribution in [3.63, 3.8) is 0 Å². The third-order valence-electron chi connectivity index (χ3n) is 3.17. The lowest BCUT2D eigenvalue weighted by Gasteiger charge is -2.27. The Balaban J connectivity index is 2.43. The average molecular weight is 276 g/mol. The molecule has 0 aromatic heterocycles. The molecule has 1 aliphatic rings. The van der Waals surface area contributed by atoms with Gasteiger partial charge in [-0.05, 0) is 11.6 Å². The number of nitro benzene ring substituents is 1. The molecule has 1 unspecified atom stereocenters. The second kappa shape index (κ2) is 4.74. The van der Waals surface area contributed by atoms with E-state index in [2.05, 4.69) is 0 Å². The van der Waals surface area contributed by atoms with Gasteiger partial charge in [0, 0.05) is 12.1 Å². The van der Waals surface area contributed by atoms with E-state index >= 15 is 0 Å². The van der Waals surface area contributed by atoms with E-state index < -0.39 is 15.4 Å². The van der Waals surface area contributed by atoms with Crippen LogP contribution < -0.4 is 11.5 Å². The van der Waals surface area contributed by atoms with Gasteiger partial charge in [0.05, 0.1) is 21.8 Å². The van der Waals surface area contributed by atoms with Gasteiger partial charge >= 0.3 is 0 Å². The Kier molecular flexibility index (Phi) is 3.24. The molecule has 2 rings (SSSR count). The van der Waals surface area contributed by atoms with Crippen molar-refractivity contribution >= 4 is 5.69 Å². The molecule has 8 heteroatoms. The molecule has 0 bridgehead atoms. The highest BCUT2D eigenvalue weighted by Gasteiger charge is 2.35. The van der Waals surface area contributed by atoms with Crippen molar-refractivity contribution < 1.29 is 9.85 Å². The van der Waals surface area contributed by atoms with E-state index in [9.17, 15) is 20.2 Å². The first-order chi connectivity index (χ1) is 9.33. The quantitative estimate of drug-likeness (QED) is 0.627. The van der Waals surface area contributed by atoms with Gasteiger partial charge in [-0.15, -0.1) is 0 Å². The fourth-order valence-electron chi connectivity index (χ4n) is 2.05. The Morgan fingerprint density at radius 3 is 2.50 bits per heavy atom. The van der Waals surface area contributed by atoms with E-state index in [4.69, 9.17) is 11.5 Å². The van der Waals surface area contributed by atoms with Gasteiger partial charge in [0.25, 0.3) is 11.4 Å². The zero-order valence-corrected chi connectivity index (χ0v) is 10.4. The summed E-state index contributed by atoms with van der Waals surface area (Å²) < 4.78 is 0. The van der Waals surface area contributed by atoms with Crippen molar-refractivity contribution in [2.45, 2.75) is 12.0 Å². The molecule has 8 nitrogen and oxygen atoms in total. The van der Waals surface area contributed by atoms with Gasteiger partial charge in [0.1, 0.15) is 5.70 Å². The SMILES string of the molecule is NC1=C([N+](=O)[O-])CC(N)(c2cccc([N+](=O)[O-])c2)C=C1. The number of hydrogen-bond acceptors (Lipinski definition) is 6. The minimum Gasteiger partial charge on any atom is -0.393 e. The topological polar surface area (TPSA) is 138 Å². The number of non-ortho nitro benzene ring substituents is 1. The van der Waals surface area contributed by atoms with Crippen LogP contribution >= 0.6 is 0 Å². The number of hydrogen-bond donors (Lipinski definition) is 2. The second-order valence-electron chi connectivity index (χ2n) is 4.52. The lowest BCUT2D eigenvalue weighted by atomic mass is 9.82. The van der Waals surface area contributed by atoms with Crippen molar-refractivity contribution in [1.82, 2.24) is 0 Å². The van der Waals surface area contributed by atoms with Gasteiger partial charge in [0.15, 0.2) is 0 Å². The zero-order valence-electron chi connectivity index (χ0n) is 10.4. The van der Waals surface area contributed by atoms with E-state index in [-0.39, 0.29) is 23.5 Å². The molecule has 0 heterocycles. The summed E-state index contributed by atoms with van der Waals surface area (Å²) in [5.74, 6) is 0. The van der Waals surface area contributed by atoms with Crippen molar-refractivity contribution in [2.75, 3.05) is 0 Å². The van der Waals surface area contributed by atoms with Crippen molar-refractivity contribution in [1.29, 1.82) is 0 Å². The Morgan fingerprint density at radius 2 is 1.90 bits per heavy atom. The van der Waals surface area contributed by atoms with Crippen LogP contribution in [0.4, 0.5) is 5.69 Å². The summed E-state index contributed by atoms with van der Waals surface area (Å²) in [5.41, 5.74) is 10.7. The maximum Gasteiger partial charge on any atom is 0.271 e. The minimum atomic E-state index is -1.18. The van der Waals surface area contributed by atoms with Gasteiger partial charge in [-0.2, -0.15) is 0 Å². The Hall–Kier alpha value is -2.74. The molecule has 0 aliphatic heterocycles. The van der Waals surface area contributed by atoms with E-state index in [0.717, 1.165) is 0 Å². The molecule has 0 amide bonds. The van der Waals surface area contributed by atoms with E-state index in [0.29, 0.717) is 5.56 Å². The molecule has 1 aliphatic carbocycles. The summed E-state index contributed by atoms with van der Waals surface area (Å²) in [4.78, 5) is 20.6. The smallest absolute Gasteiger partial charge is 0.271 e. The number of allylic oxidation sites excluding steroid dienone is 1. The number of rotatable bonds is 3. The third-order valence-corrected chi connectivity index (χ3v) is 3.17. The molecule has 0 radical (unpaired) electrons. The van der Waals surface area contributed by atoms with E-state index in [1.807, 2.05) is 0 Å². The highest BCUT2D eigenvalue weighted by Crippen LogP contribution is 2.33. The fourth-order valence-corrected chi connectivity index (χ4v) is 2.05. The molecule has 1 aromatic rings. The van der Waals surface area contributed by atoms with Crippen molar-refractivity contribution in [3.05, 3.63) is 73.6 Å². The molecule has 104 valence electrons. The molecule has 0 fully saturated rings. The molecule has 1 aromatic carbocycles. The monoisotopic (exact) mass is 276 g/mol. The van der Waals surface area contributed by atoms with Crippen LogP contribution in [-0.4, -0.2) is 9.85 Å². The van der Waals surface area contributed by atoms with Crippen LogP contribution in [-0.2, 0) is 5.54 Å². The summed E-state index contributed by atoms with van der Waals surface area (Å²) >= 11 is 0. The lowest BCUT2D eigenvalue weighted by Crippen LogP contribution is -2.38. The molecule has 1 atom stereocenters. The first-order valence-electron chi connectivity index (χ1n) is 5.69. The Labute approximate surface area is 113 Å². The van der Waals surface area contributed by atoms with Gasteiger partial charge in [-0.1, -0.05) is 18.2 Å². The largest absolute Gasteiger partial charge is 0.393 e. The van der Waals surface area contributed by atoms with Gasteiger partial charge in [0.2, 0.25) is 0 Å². The fraction of sp³-hybridized carbons (Fsp3) is 0.167. The first kappa shape index (κ1) is 13.7. The Morgan fingerprint density at radius 1 is 1.20 bits per heavy atom. The summed E-state index contributed by atoms with van der Waals surface area (Å²) in [6, 6.07) is 5.72.